The Kier molecular flexibility index (Phi) is 5.76. The van der Waals surface area contributed by atoms with Gasteiger partial charge in [0.2, 0.25) is 5.91 Å². The Bertz CT molecular complexity index is 452. The topological polar surface area (TPSA) is 58.4 Å². The minimum absolute atomic E-state index is 0.100. The number of nitrogens with two attached hydrogens (primary N) is 1. The largest absolute Gasteiger partial charge is 0.325 e. The van der Waals surface area contributed by atoms with Crippen LogP contribution in [0.2, 0.25) is 0 Å². The van der Waals surface area contributed by atoms with Crippen LogP contribution >= 0.6 is 0 Å². The molecule has 3 N–H and O–H groups in total. The molecule has 0 aliphatic carbocycles. The molecule has 2 unspecified atom stereocenters. The third-order valence-corrected chi connectivity index (χ3v) is 4.39. The quantitative estimate of drug-likeness (QED) is 0.846. The molecule has 116 valence electrons. The highest BCUT2D eigenvalue weighted by atomic mass is 16.2. The molecule has 2 rings (SSSR count). The Balaban J connectivity index is 1.88. The fourth-order valence-electron chi connectivity index (χ4n) is 2.63. The number of anilines is 1. The molecule has 4 heteroatoms. The monoisotopic (exact) mass is 289 g/mol. The lowest BCUT2D eigenvalue weighted by Gasteiger charge is -2.18. The van der Waals surface area contributed by atoms with E-state index in [0.29, 0.717) is 0 Å². The van der Waals surface area contributed by atoms with Gasteiger partial charge in [0.25, 0.3) is 0 Å². The summed E-state index contributed by atoms with van der Waals surface area (Å²) in [6.07, 6.45) is 3.52. The standard InChI is InChI=1S/C17H27N3O/c1-3-13(2)16(18)17(21)19-15-8-6-14(7-9-15)12-20-10-4-5-11-20/h6-9,13,16H,3-5,10-12,18H2,1-2H3,(H,19,21). The van der Waals surface area contributed by atoms with E-state index in [4.69, 9.17) is 5.73 Å². The molecule has 1 aromatic rings. The maximum Gasteiger partial charge on any atom is 0.241 e. The van der Waals surface area contributed by atoms with Crippen LogP contribution in [-0.2, 0) is 11.3 Å². The Hall–Kier alpha value is -1.39. The first-order valence-electron chi connectivity index (χ1n) is 7.98. The Morgan fingerprint density at radius 1 is 1.29 bits per heavy atom. The predicted octanol–water partition coefficient (Wildman–Crippen LogP) is 2.59. The molecule has 4 nitrogen and oxygen atoms in total. The average Bonchev–Trinajstić information content (AvgIpc) is 3.00. The van der Waals surface area contributed by atoms with E-state index < -0.39 is 6.04 Å². The first kappa shape index (κ1) is 16.0. The fourth-order valence-corrected chi connectivity index (χ4v) is 2.63. The van der Waals surface area contributed by atoms with Crippen molar-refractivity contribution in [3.8, 4) is 0 Å². The number of nitrogens with one attached hydrogen (secondary N) is 1. The van der Waals surface area contributed by atoms with E-state index in [2.05, 4.69) is 22.3 Å². The van der Waals surface area contributed by atoms with Crippen LogP contribution in [0.25, 0.3) is 0 Å². The van der Waals surface area contributed by atoms with Gasteiger partial charge in [-0.05, 0) is 49.5 Å². The van der Waals surface area contributed by atoms with Crippen molar-refractivity contribution in [3.63, 3.8) is 0 Å². The second-order valence-corrected chi connectivity index (χ2v) is 6.08. The third-order valence-electron chi connectivity index (χ3n) is 4.39. The first-order chi connectivity index (χ1) is 10.1. The molecule has 21 heavy (non-hydrogen) atoms. The van der Waals surface area contributed by atoms with Crippen LogP contribution in [0.1, 0.15) is 38.7 Å². The molecular formula is C17H27N3O. The molecule has 1 aromatic carbocycles. The Morgan fingerprint density at radius 3 is 2.48 bits per heavy atom. The molecule has 0 radical (unpaired) electrons. The smallest absolute Gasteiger partial charge is 0.241 e. The number of hydrogen-bond acceptors (Lipinski definition) is 3. The Labute approximate surface area is 127 Å². The third kappa shape index (κ3) is 4.55. The highest BCUT2D eigenvalue weighted by Gasteiger charge is 2.19. The van der Waals surface area contributed by atoms with Crippen LogP contribution in [-0.4, -0.2) is 29.9 Å². The van der Waals surface area contributed by atoms with Crippen LogP contribution in [0.3, 0.4) is 0 Å². The second-order valence-electron chi connectivity index (χ2n) is 6.08. The zero-order valence-corrected chi connectivity index (χ0v) is 13.1. The van der Waals surface area contributed by atoms with Gasteiger partial charge in [0.1, 0.15) is 0 Å². The molecule has 1 aliphatic heterocycles. The number of hydrogen-bond donors (Lipinski definition) is 2. The Morgan fingerprint density at radius 2 is 1.90 bits per heavy atom. The number of carbonyl (C=O) groups is 1. The number of rotatable bonds is 6. The summed E-state index contributed by atoms with van der Waals surface area (Å²) in [4.78, 5) is 14.5. The lowest BCUT2D eigenvalue weighted by Crippen LogP contribution is -2.40. The first-order valence-corrected chi connectivity index (χ1v) is 7.98. The van der Waals surface area contributed by atoms with Gasteiger partial charge >= 0.3 is 0 Å². The minimum Gasteiger partial charge on any atom is -0.325 e. The van der Waals surface area contributed by atoms with E-state index in [9.17, 15) is 4.79 Å². The number of carbonyl (C=O) groups excluding carboxylic acids is 1. The molecule has 1 heterocycles. The second kappa shape index (κ2) is 7.57. The number of likely N-dealkylation sites (tertiary alicyclic amines) is 1. The van der Waals surface area contributed by atoms with E-state index in [1.54, 1.807) is 0 Å². The van der Waals surface area contributed by atoms with Gasteiger partial charge in [-0.3, -0.25) is 9.69 Å². The zero-order valence-electron chi connectivity index (χ0n) is 13.1. The van der Waals surface area contributed by atoms with Crippen molar-refractivity contribution in [1.82, 2.24) is 4.90 Å². The summed E-state index contributed by atoms with van der Waals surface area (Å²) in [6, 6.07) is 7.66. The number of nitrogens with zero attached hydrogens (tertiary/aromatic N) is 1. The van der Waals surface area contributed by atoms with E-state index in [1.807, 2.05) is 26.0 Å². The zero-order chi connectivity index (χ0) is 15.2. The summed E-state index contributed by atoms with van der Waals surface area (Å²) in [5.74, 6) is 0.0936. The van der Waals surface area contributed by atoms with Crippen molar-refractivity contribution in [3.05, 3.63) is 29.8 Å². The highest BCUT2D eigenvalue weighted by molar-refractivity contribution is 5.94. The van der Waals surface area contributed by atoms with Crippen molar-refractivity contribution in [2.45, 2.75) is 45.7 Å². The van der Waals surface area contributed by atoms with Gasteiger partial charge < -0.3 is 11.1 Å². The van der Waals surface area contributed by atoms with Gasteiger partial charge in [0.15, 0.2) is 0 Å². The van der Waals surface area contributed by atoms with Crippen molar-refractivity contribution >= 4 is 11.6 Å². The summed E-state index contributed by atoms with van der Waals surface area (Å²) >= 11 is 0. The lowest BCUT2D eigenvalue weighted by molar-refractivity contribution is -0.118. The van der Waals surface area contributed by atoms with Crippen LogP contribution in [0.5, 0.6) is 0 Å². The molecule has 1 amide bonds. The predicted molar refractivity (Wildman–Crippen MR) is 87.0 cm³/mol. The fraction of sp³-hybridized carbons (Fsp3) is 0.588. The van der Waals surface area contributed by atoms with Gasteiger partial charge in [-0.25, -0.2) is 0 Å². The normalized spacial score (nSPS) is 18.4. The van der Waals surface area contributed by atoms with Gasteiger partial charge in [-0.1, -0.05) is 32.4 Å². The number of benzene rings is 1. The van der Waals surface area contributed by atoms with Crippen LogP contribution < -0.4 is 11.1 Å². The summed E-state index contributed by atoms with van der Waals surface area (Å²) in [6.45, 7) is 7.44. The molecule has 1 aliphatic rings. The number of amides is 1. The van der Waals surface area contributed by atoms with Crippen LogP contribution in [0, 0.1) is 5.92 Å². The van der Waals surface area contributed by atoms with E-state index in [0.717, 1.165) is 18.7 Å². The molecule has 0 saturated carbocycles. The van der Waals surface area contributed by atoms with E-state index >= 15 is 0 Å². The van der Waals surface area contributed by atoms with E-state index in [-0.39, 0.29) is 11.8 Å². The summed E-state index contributed by atoms with van der Waals surface area (Å²) < 4.78 is 0. The molecule has 0 bridgehead atoms. The minimum atomic E-state index is -0.445. The van der Waals surface area contributed by atoms with Crippen molar-refractivity contribution in [2.24, 2.45) is 11.7 Å². The lowest BCUT2D eigenvalue weighted by atomic mass is 9.99. The highest BCUT2D eigenvalue weighted by Crippen LogP contribution is 2.16. The van der Waals surface area contributed by atoms with Crippen LogP contribution in [0.4, 0.5) is 5.69 Å². The van der Waals surface area contributed by atoms with Crippen LogP contribution in [0.15, 0.2) is 24.3 Å². The molecule has 2 atom stereocenters. The molecule has 1 fully saturated rings. The molecule has 0 aromatic heterocycles. The maximum atomic E-state index is 12.0. The summed E-state index contributed by atoms with van der Waals surface area (Å²) in [5.41, 5.74) is 8.05. The van der Waals surface area contributed by atoms with Gasteiger partial charge in [0, 0.05) is 12.2 Å². The van der Waals surface area contributed by atoms with Gasteiger partial charge in [-0.15, -0.1) is 0 Å². The van der Waals surface area contributed by atoms with Crippen molar-refractivity contribution in [1.29, 1.82) is 0 Å². The van der Waals surface area contributed by atoms with Crippen molar-refractivity contribution < 1.29 is 4.79 Å². The van der Waals surface area contributed by atoms with Gasteiger partial charge in [-0.2, -0.15) is 0 Å². The van der Waals surface area contributed by atoms with Crippen molar-refractivity contribution in [2.75, 3.05) is 18.4 Å². The average molecular weight is 289 g/mol. The maximum absolute atomic E-state index is 12.0. The molecular weight excluding hydrogens is 262 g/mol. The molecule has 0 spiro atoms. The van der Waals surface area contributed by atoms with Gasteiger partial charge in [0.05, 0.1) is 6.04 Å². The molecule has 1 saturated heterocycles. The summed E-state index contributed by atoms with van der Waals surface area (Å²) in [5, 5.41) is 2.90. The SMILES string of the molecule is CCC(C)C(N)C(=O)Nc1ccc(CN2CCCC2)cc1. The summed E-state index contributed by atoms with van der Waals surface area (Å²) in [7, 11) is 0. The van der Waals surface area contributed by atoms with E-state index in [1.165, 1.54) is 31.5 Å².